The summed E-state index contributed by atoms with van der Waals surface area (Å²) in [5.41, 5.74) is 1.83. The Morgan fingerprint density at radius 3 is 2.25 bits per heavy atom. The van der Waals surface area contributed by atoms with Gasteiger partial charge in [0.05, 0.1) is 27.9 Å². The molecule has 0 fully saturated rings. The van der Waals surface area contributed by atoms with Crippen molar-refractivity contribution < 1.29 is 28.5 Å². The molecule has 7 heteroatoms. The Morgan fingerprint density at radius 2 is 1.53 bits per heavy atom. The maximum atomic E-state index is 12.9. The summed E-state index contributed by atoms with van der Waals surface area (Å²) in [7, 11) is 4.71. The SMILES string of the molecule is CCOc1ccc(C(=O)Nc2ccc(OC)c(OC)c2)cc1COc1cccc(OC)c1. The van der Waals surface area contributed by atoms with Crippen molar-refractivity contribution in [2.75, 3.05) is 33.3 Å². The molecule has 1 N–H and O–H groups in total. The summed E-state index contributed by atoms with van der Waals surface area (Å²) in [5.74, 6) is 2.89. The average molecular weight is 437 g/mol. The third-order valence-electron chi connectivity index (χ3n) is 4.70. The average Bonchev–Trinajstić information content (AvgIpc) is 2.83. The molecule has 0 bridgehead atoms. The lowest BCUT2D eigenvalue weighted by molar-refractivity contribution is 0.102. The molecule has 168 valence electrons. The lowest BCUT2D eigenvalue weighted by Gasteiger charge is -2.14. The molecule has 0 spiro atoms. The Hall–Kier alpha value is -3.87. The molecule has 0 saturated heterocycles. The zero-order valence-corrected chi connectivity index (χ0v) is 18.6. The molecule has 0 unspecified atom stereocenters. The van der Waals surface area contributed by atoms with Gasteiger partial charge in [-0.25, -0.2) is 0 Å². The van der Waals surface area contributed by atoms with Gasteiger partial charge in [-0.1, -0.05) is 6.07 Å². The van der Waals surface area contributed by atoms with Crippen LogP contribution in [-0.2, 0) is 6.61 Å². The fraction of sp³-hybridized carbons (Fsp3) is 0.240. The number of rotatable bonds is 10. The van der Waals surface area contributed by atoms with Gasteiger partial charge in [-0.15, -0.1) is 0 Å². The van der Waals surface area contributed by atoms with E-state index in [1.54, 1.807) is 63.8 Å². The highest BCUT2D eigenvalue weighted by Crippen LogP contribution is 2.30. The topological polar surface area (TPSA) is 75.3 Å². The first-order valence-corrected chi connectivity index (χ1v) is 10.1. The standard InChI is InChI=1S/C25H27NO6/c1-5-31-22-11-9-17(13-18(22)16-32-21-8-6-7-20(15-21)28-2)25(27)26-19-10-12-23(29-3)24(14-19)30-4/h6-15H,5,16H2,1-4H3,(H,26,27). The molecule has 3 aromatic carbocycles. The monoisotopic (exact) mass is 437 g/mol. The van der Waals surface area contributed by atoms with Gasteiger partial charge in [0.25, 0.3) is 5.91 Å². The van der Waals surface area contributed by atoms with Crippen LogP contribution in [0.1, 0.15) is 22.8 Å². The molecule has 0 aliphatic heterocycles. The molecule has 0 aliphatic carbocycles. The van der Waals surface area contributed by atoms with Gasteiger partial charge >= 0.3 is 0 Å². The van der Waals surface area contributed by atoms with E-state index in [0.717, 1.165) is 5.56 Å². The summed E-state index contributed by atoms with van der Waals surface area (Å²) in [4.78, 5) is 12.9. The lowest BCUT2D eigenvalue weighted by Crippen LogP contribution is -2.13. The van der Waals surface area contributed by atoms with E-state index in [9.17, 15) is 4.79 Å². The number of hydrogen-bond donors (Lipinski definition) is 1. The van der Waals surface area contributed by atoms with Crippen LogP contribution in [-0.4, -0.2) is 33.8 Å². The molecule has 7 nitrogen and oxygen atoms in total. The molecule has 0 aliphatic rings. The van der Waals surface area contributed by atoms with Crippen LogP contribution in [0, 0.1) is 0 Å². The highest BCUT2D eigenvalue weighted by atomic mass is 16.5. The number of nitrogens with one attached hydrogen (secondary N) is 1. The first-order chi connectivity index (χ1) is 15.6. The third-order valence-corrected chi connectivity index (χ3v) is 4.70. The van der Waals surface area contributed by atoms with Gasteiger partial charge in [0, 0.05) is 28.9 Å². The first kappa shape index (κ1) is 22.8. The molecule has 0 saturated carbocycles. The van der Waals surface area contributed by atoms with Crippen LogP contribution in [0.4, 0.5) is 5.69 Å². The quantitative estimate of drug-likeness (QED) is 0.484. The summed E-state index contributed by atoms with van der Waals surface area (Å²) >= 11 is 0. The fourth-order valence-corrected chi connectivity index (χ4v) is 3.10. The summed E-state index contributed by atoms with van der Waals surface area (Å²) in [6.07, 6.45) is 0. The van der Waals surface area contributed by atoms with Crippen molar-refractivity contribution in [3.05, 3.63) is 71.8 Å². The Balaban J connectivity index is 1.78. The van der Waals surface area contributed by atoms with Gasteiger partial charge in [-0.3, -0.25) is 4.79 Å². The second-order valence-corrected chi connectivity index (χ2v) is 6.75. The second kappa shape index (κ2) is 10.9. The molecular weight excluding hydrogens is 410 g/mol. The van der Waals surface area contributed by atoms with Crippen LogP contribution in [0.15, 0.2) is 60.7 Å². The fourth-order valence-electron chi connectivity index (χ4n) is 3.10. The predicted octanol–water partition coefficient (Wildman–Crippen LogP) is 4.94. The number of anilines is 1. The van der Waals surface area contributed by atoms with Crippen molar-refractivity contribution in [1.29, 1.82) is 0 Å². The van der Waals surface area contributed by atoms with Crippen LogP contribution >= 0.6 is 0 Å². The summed E-state index contributed by atoms with van der Waals surface area (Å²) in [6.45, 7) is 2.65. The zero-order chi connectivity index (χ0) is 22.9. The Kier molecular flexibility index (Phi) is 7.80. The van der Waals surface area contributed by atoms with Crippen molar-refractivity contribution in [2.45, 2.75) is 13.5 Å². The van der Waals surface area contributed by atoms with Crippen LogP contribution < -0.4 is 29.0 Å². The number of amides is 1. The Labute approximate surface area is 187 Å². The normalized spacial score (nSPS) is 10.2. The summed E-state index contributed by atoms with van der Waals surface area (Å²) in [5, 5.41) is 2.88. The van der Waals surface area contributed by atoms with Gasteiger partial charge in [0.15, 0.2) is 11.5 Å². The van der Waals surface area contributed by atoms with Crippen LogP contribution in [0.2, 0.25) is 0 Å². The van der Waals surface area contributed by atoms with Gasteiger partial charge in [-0.2, -0.15) is 0 Å². The van der Waals surface area contributed by atoms with Crippen LogP contribution in [0.25, 0.3) is 0 Å². The zero-order valence-electron chi connectivity index (χ0n) is 18.6. The van der Waals surface area contributed by atoms with Gasteiger partial charge < -0.3 is 29.0 Å². The molecule has 3 rings (SSSR count). The third kappa shape index (κ3) is 5.63. The number of carbonyl (C=O) groups excluding carboxylic acids is 1. The molecule has 0 radical (unpaired) electrons. The van der Waals surface area contributed by atoms with Crippen molar-refractivity contribution in [2.24, 2.45) is 0 Å². The van der Waals surface area contributed by atoms with Gasteiger partial charge in [0.2, 0.25) is 0 Å². The van der Waals surface area contributed by atoms with E-state index in [-0.39, 0.29) is 12.5 Å². The first-order valence-electron chi connectivity index (χ1n) is 10.1. The smallest absolute Gasteiger partial charge is 0.255 e. The number of ether oxygens (including phenoxy) is 5. The van der Waals surface area contributed by atoms with Crippen molar-refractivity contribution in [3.8, 4) is 28.7 Å². The largest absolute Gasteiger partial charge is 0.497 e. The van der Waals surface area contributed by atoms with Crippen molar-refractivity contribution >= 4 is 11.6 Å². The van der Waals surface area contributed by atoms with Gasteiger partial charge in [-0.05, 0) is 49.4 Å². The second-order valence-electron chi connectivity index (χ2n) is 6.75. The minimum atomic E-state index is -0.261. The molecule has 32 heavy (non-hydrogen) atoms. The summed E-state index contributed by atoms with van der Waals surface area (Å²) in [6, 6.07) is 17.8. The molecule has 0 aromatic heterocycles. The van der Waals surface area contributed by atoms with Crippen molar-refractivity contribution in [3.63, 3.8) is 0 Å². The Bertz CT molecular complexity index is 1070. The van der Waals surface area contributed by atoms with E-state index in [1.165, 1.54) is 0 Å². The highest BCUT2D eigenvalue weighted by Gasteiger charge is 2.13. The maximum Gasteiger partial charge on any atom is 0.255 e. The van der Waals surface area contributed by atoms with Crippen molar-refractivity contribution in [1.82, 2.24) is 0 Å². The van der Waals surface area contributed by atoms with E-state index in [1.807, 2.05) is 25.1 Å². The molecule has 1 amide bonds. The predicted molar refractivity (Wildman–Crippen MR) is 122 cm³/mol. The number of hydrogen-bond acceptors (Lipinski definition) is 6. The molecule has 0 atom stereocenters. The number of methoxy groups -OCH3 is 3. The van der Waals surface area contributed by atoms with E-state index in [2.05, 4.69) is 5.32 Å². The Morgan fingerprint density at radius 1 is 0.781 bits per heavy atom. The van der Waals surface area contributed by atoms with E-state index in [4.69, 9.17) is 23.7 Å². The highest BCUT2D eigenvalue weighted by molar-refractivity contribution is 6.04. The van der Waals surface area contributed by atoms with Gasteiger partial charge in [0.1, 0.15) is 23.9 Å². The van der Waals surface area contributed by atoms with E-state index >= 15 is 0 Å². The van der Waals surface area contributed by atoms with E-state index in [0.29, 0.717) is 46.6 Å². The van der Waals surface area contributed by atoms with Crippen LogP contribution in [0.3, 0.4) is 0 Å². The van der Waals surface area contributed by atoms with Crippen LogP contribution in [0.5, 0.6) is 28.7 Å². The number of carbonyl (C=O) groups is 1. The maximum absolute atomic E-state index is 12.9. The minimum Gasteiger partial charge on any atom is -0.497 e. The number of benzene rings is 3. The molecule has 0 heterocycles. The minimum absolute atomic E-state index is 0.236. The molecular formula is C25H27NO6. The lowest BCUT2D eigenvalue weighted by atomic mass is 10.1. The summed E-state index contributed by atoms with van der Waals surface area (Å²) < 4.78 is 27.4. The van der Waals surface area contributed by atoms with E-state index < -0.39 is 0 Å². The molecule has 3 aromatic rings.